The molecule has 1 aliphatic heterocycles. The van der Waals surface area contributed by atoms with Crippen molar-refractivity contribution in [2.24, 2.45) is 0 Å². The maximum absolute atomic E-state index is 12.6. The van der Waals surface area contributed by atoms with Gasteiger partial charge in [0, 0.05) is 24.7 Å². The molecule has 0 saturated heterocycles. The van der Waals surface area contributed by atoms with E-state index in [-0.39, 0.29) is 23.7 Å². The van der Waals surface area contributed by atoms with Crippen LogP contribution in [0.5, 0.6) is 0 Å². The lowest BCUT2D eigenvalue weighted by Crippen LogP contribution is -2.34. The molecule has 2 aromatic rings. The highest BCUT2D eigenvalue weighted by Crippen LogP contribution is 2.25. The third-order valence-electron chi connectivity index (χ3n) is 3.80. The minimum absolute atomic E-state index is 0.137. The number of carbonyl (C=O) groups excluding carboxylic acids is 1. The van der Waals surface area contributed by atoms with E-state index < -0.39 is 21.9 Å². The zero-order valence-corrected chi connectivity index (χ0v) is 16.3. The molecule has 1 heterocycles. The molecule has 0 fully saturated rings. The lowest BCUT2D eigenvalue weighted by Gasteiger charge is -2.24. The van der Waals surface area contributed by atoms with E-state index in [0.29, 0.717) is 18.5 Å². The normalized spacial score (nSPS) is 14.8. The Kier molecular flexibility index (Phi) is 8.51. The Morgan fingerprint density at radius 2 is 1.75 bits per heavy atom. The van der Waals surface area contributed by atoms with Crippen molar-refractivity contribution in [1.29, 1.82) is 0 Å². The van der Waals surface area contributed by atoms with Gasteiger partial charge in [-0.2, -0.15) is 0 Å². The molecule has 28 heavy (non-hydrogen) atoms. The van der Waals surface area contributed by atoms with Crippen molar-refractivity contribution >= 4 is 22.6 Å². The van der Waals surface area contributed by atoms with Crippen LogP contribution in [0.15, 0.2) is 77.2 Å². The number of ether oxygens (including phenoxy) is 1. The number of benzene rings is 2. The third kappa shape index (κ3) is 6.11. The van der Waals surface area contributed by atoms with E-state index in [1.54, 1.807) is 19.1 Å². The number of rotatable bonds is 5. The second kappa shape index (κ2) is 11.1. The van der Waals surface area contributed by atoms with Crippen molar-refractivity contribution in [3.05, 3.63) is 82.4 Å². The van der Waals surface area contributed by atoms with Gasteiger partial charge >= 0.3 is 5.97 Å². The van der Waals surface area contributed by atoms with E-state index in [0.717, 1.165) is 0 Å². The molecule has 0 radical (unpaired) electrons. The number of nitro benzene ring substituents is 1. The van der Waals surface area contributed by atoms with Crippen LogP contribution in [0.4, 0.5) is 5.69 Å². The zero-order valence-electron chi connectivity index (χ0n) is 15.5. The van der Waals surface area contributed by atoms with Crippen LogP contribution in [-0.4, -0.2) is 39.1 Å². The zero-order chi connectivity index (χ0) is 20.4. The van der Waals surface area contributed by atoms with E-state index in [1.165, 1.54) is 22.5 Å². The van der Waals surface area contributed by atoms with Gasteiger partial charge in [0.15, 0.2) is 0 Å². The summed E-state index contributed by atoms with van der Waals surface area (Å²) in [5, 5.41) is 11.0. The van der Waals surface area contributed by atoms with Gasteiger partial charge in [0.25, 0.3) is 5.69 Å². The van der Waals surface area contributed by atoms with E-state index in [9.17, 15) is 19.1 Å². The summed E-state index contributed by atoms with van der Waals surface area (Å²) in [6, 6.07) is 17.9. The van der Waals surface area contributed by atoms with Crippen molar-refractivity contribution in [1.82, 2.24) is 4.31 Å². The average molecular weight is 402 g/mol. The van der Waals surface area contributed by atoms with E-state index in [4.69, 9.17) is 4.74 Å². The van der Waals surface area contributed by atoms with Gasteiger partial charge in [0.1, 0.15) is 15.9 Å². The number of para-hydroxylation sites is 1. The molecular weight excluding hydrogens is 380 g/mol. The highest BCUT2D eigenvalue weighted by molar-refractivity contribution is 7.82. The summed E-state index contributed by atoms with van der Waals surface area (Å²) in [4.78, 5) is 22.4. The molecule has 0 N–H and O–H groups in total. The minimum atomic E-state index is -1.70. The van der Waals surface area contributed by atoms with E-state index in [2.05, 4.69) is 0 Å². The Bertz CT molecular complexity index is 828. The molecule has 1 unspecified atom stereocenters. The number of hydrogen-bond acceptors (Lipinski definition) is 5. The molecule has 0 spiro atoms. The summed E-state index contributed by atoms with van der Waals surface area (Å²) in [7, 11) is -1.70. The highest BCUT2D eigenvalue weighted by Gasteiger charge is 2.27. The Morgan fingerprint density at radius 1 is 1.14 bits per heavy atom. The second-order valence-corrected chi connectivity index (χ2v) is 7.19. The smallest absolute Gasteiger partial charge is 0.335 e. The van der Waals surface area contributed by atoms with Gasteiger partial charge < -0.3 is 4.74 Å². The van der Waals surface area contributed by atoms with Crippen LogP contribution in [0, 0.1) is 10.1 Å². The van der Waals surface area contributed by atoms with Gasteiger partial charge in [-0.15, -0.1) is 0 Å². The molecule has 2 aromatic carbocycles. The molecule has 3 rings (SSSR count). The summed E-state index contributed by atoms with van der Waals surface area (Å²) in [6.07, 6.45) is 2.30. The van der Waals surface area contributed by atoms with Gasteiger partial charge in [-0.25, -0.2) is 13.3 Å². The highest BCUT2D eigenvalue weighted by atomic mass is 32.2. The van der Waals surface area contributed by atoms with Crippen LogP contribution >= 0.6 is 0 Å². The van der Waals surface area contributed by atoms with Crippen molar-refractivity contribution in [3.63, 3.8) is 0 Å². The number of nitrogens with zero attached hydrogens (tertiary/aromatic N) is 2. The predicted molar refractivity (Wildman–Crippen MR) is 107 cm³/mol. The first-order valence-corrected chi connectivity index (χ1v) is 9.91. The van der Waals surface area contributed by atoms with Gasteiger partial charge in [-0.05, 0) is 19.4 Å². The number of carbonyl (C=O) groups is 1. The molecule has 7 nitrogen and oxygen atoms in total. The summed E-state index contributed by atoms with van der Waals surface area (Å²) < 4.78 is 19.1. The van der Waals surface area contributed by atoms with Crippen LogP contribution in [-0.2, 0) is 20.5 Å². The second-order valence-electron chi connectivity index (χ2n) is 5.73. The van der Waals surface area contributed by atoms with Crippen molar-refractivity contribution in [2.75, 3.05) is 19.7 Å². The lowest BCUT2D eigenvalue weighted by atomic mass is 10.1. The summed E-state index contributed by atoms with van der Waals surface area (Å²) in [5.41, 5.74) is 0.244. The minimum Gasteiger partial charge on any atom is -0.463 e. The summed E-state index contributed by atoms with van der Waals surface area (Å²) in [6.45, 7) is 2.59. The van der Waals surface area contributed by atoms with Crippen LogP contribution in [0.1, 0.15) is 13.3 Å². The molecule has 0 aromatic heterocycles. The van der Waals surface area contributed by atoms with Gasteiger partial charge in [-0.1, -0.05) is 54.6 Å². The largest absolute Gasteiger partial charge is 0.463 e. The molecule has 0 bridgehead atoms. The maximum atomic E-state index is 12.6. The molecule has 1 aliphatic rings. The topological polar surface area (TPSA) is 89.8 Å². The number of nitro groups is 1. The Balaban J connectivity index is 0.000000397. The Labute approximate surface area is 166 Å². The molecular formula is C20H22N2O5S. The van der Waals surface area contributed by atoms with E-state index >= 15 is 0 Å². The summed E-state index contributed by atoms with van der Waals surface area (Å²) in [5.74, 6) is -0.438. The molecule has 0 aliphatic carbocycles. The molecule has 1 atom stereocenters. The molecule has 0 amide bonds. The molecule has 0 saturated carbocycles. The Morgan fingerprint density at radius 3 is 2.32 bits per heavy atom. The fourth-order valence-electron chi connectivity index (χ4n) is 2.51. The number of esters is 1. The third-order valence-corrected chi connectivity index (χ3v) is 5.31. The quantitative estimate of drug-likeness (QED) is 0.434. The monoisotopic (exact) mass is 402 g/mol. The Hall–Kier alpha value is -2.84. The first-order valence-electron chi connectivity index (χ1n) is 8.81. The van der Waals surface area contributed by atoms with Crippen LogP contribution in [0.2, 0.25) is 0 Å². The van der Waals surface area contributed by atoms with Gasteiger partial charge in [0.05, 0.1) is 11.5 Å². The summed E-state index contributed by atoms with van der Waals surface area (Å²) >= 11 is 0. The number of hydrogen-bond donors (Lipinski definition) is 0. The van der Waals surface area contributed by atoms with Crippen molar-refractivity contribution in [3.8, 4) is 0 Å². The SMILES string of the molecule is CCOC(=O)C1=CCCN(S(=O)c2ccccc2[N+](=O)[O-])C1.c1ccccc1. The van der Waals surface area contributed by atoms with Crippen molar-refractivity contribution in [2.45, 2.75) is 18.2 Å². The average Bonchev–Trinajstić information content (AvgIpc) is 2.75. The van der Waals surface area contributed by atoms with Gasteiger partial charge in [-0.3, -0.25) is 10.1 Å². The van der Waals surface area contributed by atoms with Gasteiger partial charge in [0.2, 0.25) is 0 Å². The maximum Gasteiger partial charge on any atom is 0.335 e. The van der Waals surface area contributed by atoms with Crippen LogP contribution < -0.4 is 0 Å². The fraction of sp³-hybridized carbons (Fsp3) is 0.250. The predicted octanol–water partition coefficient (Wildman–Crippen LogP) is 3.50. The first kappa shape index (κ1) is 21.5. The lowest BCUT2D eigenvalue weighted by molar-refractivity contribution is -0.387. The fourth-order valence-corrected chi connectivity index (χ4v) is 3.83. The molecule has 8 heteroatoms. The first-order chi connectivity index (χ1) is 13.5. The van der Waals surface area contributed by atoms with E-state index in [1.807, 2.05) is 36.4 Å². The van der Waals surface area contributed by atoms with Crippen LogP contribution in [0.3, 0.4) is 0 Å². The van der Waals surface area contributed by atoms with Crippen LogP contribution in [0.25, 0.3) is 0 Å². The standard InChI is InChI=1S/C14H16N2O5S.C6H6/c1-2-21-14(17)11-6-5-9-15(10-11)22(20)13-8-4-3-7-12(13)16(18)19;1-2-4-6-5-3-1/h3-4,6-8H,2,5,9-10H2,1H3;1-6H. The van der Waals surface area contributed by atoms with Crippen molar-refractivity contribution < 1.29 is 18.7 Å². The molecule has 148 valence electrons.